The van der Waals surface area contributed by atoms with Crippen molar-refractivity contribution in [1.29, 1.82) is 0 Å². The van der Waals surface area contributed by atoms with Gasteiger partial charge >= 0.3 is 0 Å². The highest BCUT2D eigenvalue weighted by Crippen LogP contribution is 2.27. The Morgan fingerprint density at radius 1 is 1.38 bits per heavy atom. The van der Waals surface area contributed by atoms with Gasteiger partial charge in [-0.25, -0.2) is 4.98 Å². The number of rotatable bonds is 6. The summed E-state index contributed by atoms with van der Waals surface area (Å²) >= 11 is 1.53. The zero-order valence-corrected chi connectivity index (χ0v) is 14.9. The molecule has 0 aliphatic rings. The Labute approximate surface area is 144 Å². The summed E-state index contributed by atoms with van der Waals surface area (Å²) in [7, 11) is 1.63. The molecule has 3 aromatic rings. The molecule has 2 aromatic heterocycles. The smallest absolute Gasteiger partial charge is 0.290 e. The molecule has 0 atom stereocenters. The van der Waals surface area contributed by atoms with Gasteiger partial charge in [-0.1, -0.05) is 12.1 Å². The molecule has 1 amide bonds. The van der Waals surface area contributed by atoms with Crippen molar-refractivity contribution in [3.63, 3.8) is 0 Å². The second-order valence-corrected chi connectivity index (χ2v) is 6.68. The summed E-state index contributed by atoms with van der Waals surface area (Å²) in [6.07, 6.45) is 1.74. The van der Waals surface area contributed by atoms with E-state index in [1.54, 1.807) is 18.2 Å². The number of amides is 1. The average Bonchev–Trinajstić information content (AvgIpc) is 3.18. The number of nitrogens with zero attached hydrogens (tertiary/aromatic N) is 2. The number of benzene rings is 1. The van der Waals surface area contributed by atoms with E-state index >= 15 is 0 Å². The van der Waals surface area contributed by atoms with Crippen molar-refractivity contribution >= 4 is 28.2 Å². The molecule has 0 aliphatic carbocycles. The fraction of sp³-hybridized carbons (Fsp3) is 0.333. The Hall–Kier alpha value is -2.18. The Bertz CT molecular complexity index is 839. The van der Waals surface area contributed by atoms with Crippen LogP contribution in [0.3, 0.4) is 0 Å². The van der Waals surface area contributed by atoms with Gasteiger partial charge in [-0.3, -0.25) is 4.79 Å². The first-order chi connectivity index (χ1) is 11.6. The first kappa shape index (κ1) is 16.7. The van der Waals surface area contributed by atoms with Crippen LogP contribution in [0.25, 0.3) is 11.0 Å². The number of aromatic nitrogens is 1. The number of carbonyl (C=O) groups excluding carboxylic acids is 1. The number of methoxy groups -OCH3 is 1. The molecule has 3 rings (SSSR count). The number of fused-ring (bicyclic) bond motifs is 1. The summed E-state index contributed by atoms with van der Waals surface area (Å²) in [6.45, 7) is 5.34. The van der Waals surface area contributed by atoms with E-state index in [1.807, 2.05) is 37.4 Å². The van der Waals surface area contributed by atoms with Gasteiger partial charge in [-0.2, -0.15) is 0 Å². The van der Waals surface area contributed by atoms with Crippen molar-refractivity contribution in [2.75, 3.05) is 20.3 Å². The van der Waals surface area contributed by atoms with Crippen molar-refractivity contribution in [2.24, 2.45) is 0 Å². The molecule has 5 nitrogen and oxygen atoms in total. The predicted octanol–water partition coefficient (Wildman–Crippen LogP) is 3.79. The Kier molecular flexibility index (Phi) is 4.97. The van der Waals surface area contributed by atoms with Gasteiger partial charge in [0.2, 0.25) is 0 Å². The fourth-order valence-corrected chi connectivity index (χ4v) is 3.26. The minimum absolute atomic E-state index is 0.131. The van der Waals surface area contributed by atoms with Crippen LogP contribution >= 0.6 is 11.3 Å². The molecule has 0 bridgehead atoms. The molecule has 24 heavy (non-hydrogen) atoms. The number of hydrogen-bond donors (Lipinski definition) is 0. The number of aryl methyl sites for hydroxylation is 2. The summed E-state index contributed by atoms with van der Waals surface area (Å²) < 4.78 is 11.0. The van der Waals surface area contributed by atoms with E-state index in [0.717, 1.165) is 27.1 Å². The van der Waals surface area contributed by atoms with Gasteiger partial charge in [-0.15, -0.1) is 11.3 Å². The maximum absolute atomic E-state index is 13.0. The maximum Gasteiger partial charge on any atom is 0.290 e. The second-order valence-electron chi connectivity index (χ2n) is 5.70. The molecule has 0 radical (unpaired) electrons. The van der Waals surface area contributed by atoms with Gasteiger partial charge in [0.05, 0.1) is 13.2 Å². The largest absolute Gasteiger partial charge is 0.451 e. The van der Waals surface area contributed by atoms with E-state index in [1.165, 1.54) is 11.3 Å². The van der Waals surface area contributed by atoms with Crippen molar-refractivity contribution in [3.8, 4) is 0 Å². The Balaban J connectivity index is 1.92. The molecule has 1 aromatic carbocycles. The summed E-state index contributed by atoms with van der Waals surface area (Å²) in [6, 6.07) is 5.98. The monoisotopic (exact) mass is 344 g/mol. The highest BCUT2D eigenvalue weighted by molar-refractivity contribution is 7.09. The van der Waals surface area contributed by atoms with Gasteiger partial charge in [0.1, 0.15) is 10.6 Å². The Morgan fingerprint density at radius 3 is 2.92 bits per heavy atom. The third-order valence-electron chi connectivity index (χ3n) is 3.95. The number of carbonyl (C=O) groups is 1. The van der Waals surface area contributed by atoms with Gasteiger partial charge < -0.3 is 14.1 Å². The van der Waals surface area contributed by atoms with E-state index in [9.17, 15) is 4.79 Å². The third kappa shape index (κ3) is 3.34. The molecule has 0 unspecified atom stereocenters. The molecular weight excluding hydrogens is 324 g/mol. The zero-order chi connectivity index (χ0) is 17.1. The maximum atomic E-state index is 13.0. The molecule has 2 heterocycles. The summed E-state index contributed by atoms with van der Waals surface area (Å²) in [4.78, 5) is 19.0. The van der Waals surface area contributed by atoms with Crippen LogP contribution in [0.2, 0.25) is 0 Å². The van der Waals surface area contributed by atoms with Crippen LogP contribution in [-0.4, -0.2) is 36.1 Å². The minimum atomic E-state index is -0.131. The topological polar surface area (TPSA) is 55.6 Å². The van der Waals surface area contributed by atoms with Gasteiger partial charge in [-0.05, 0) is 25.5 Å². The molecular formula is C18H20N2O3S. The fourth-order valence-electron chi connectivity index (χ4n) is 2.63. The highest BCUT2D eigenvalue weighted by Gasteiger charge is 2.24. The molecule has 0 saturated heterocycles. The second kappa shape index (κ2) is 7.15. The molecule has 0 N–H and O–H groups in total. The average molecular weight is 344 g/mol. The van der Waals surface area contributed by atoms with Crippen molar-refractivity contribution in [1.82, 2.24) is 9.88 Å². The standard InChI is InChI=1S/C18H20N2O3S/c1-12-4-5-14-13(2)17(23-15(14)10-12)18(21)20(7-8-22-3)11-16-19-6-9-24-16/h4-6,9-10H,7-8,11H2,1-3H3. The van der Waals surface area contributed by atoms with Gasteiger partial charge in [0.25, 0.3) is 5.91 Å². The molecule has 126 valence electrons. The molecule has 6 heteroatoms. The third-order valence-corrected chi connectivity index (χ3v) is 4.71. The number of hydrogen-bond acceptors (Lipinski definition) is 5. The number of thiazole rings is 1. The molecule has 0 spiro atoms. The predicted molar refractivity (Wildman–Crippen MR) is 94.4 cm³/mol. The van der Waals surface area contributed by atoms with E-state index in [2.05, 4.69) is 4.98 Å². The normalized spacial score (nSPS) is 11.1. The first-order valence-corrected chi connectivity index (χ1v) is 8.64. The van der Waals surface area contributed by atoms with Crippen LogP contribution < -0.4 is 0 Å². The first-order valence-electron chi connectivity index (χ1n) is 7.76. The lowest BCUT2D eigenvalue weighted by Crippen LogP contribution is -2.33. The van der Waals surface area contributed by atoms with Crippen LogP contribution in [0.1, 0.15) is 26.7 Å². The molecule has 0 aliphatic heterocycles. The SMILES string of the molecule is COCCN(Cc1nccs1)C(=O)c1oc2cc(C)ccc2c1C. The van der Waals surface area contributed by atoms with Crippen LogP contribution in [0.4, 0.5) is 0 Å². The van der Waals surface area contributed by atoms with E-state index < -0.39 is 0 Å². The van der Waals surface area contributed by atoms with E-state index in [4.69, 9.17) is 9.15 Å². The van der Waals surface area contributed by atoms with Crippen LogP contribution in [-0.2, 0) is 11.3 Å². The Morgan fingerprint density at radius 2 is 2.21 bits per heavy atom. The quantitative estimate of drug-likeness (QED) is 0.682. The van der Waals surface area contributed by atoms with Crippen molar-refractivity contribution < 1.29 is 13.9 Å². The van der Waals surface area contributed by atoms with E-state index in [-0.39, 0.29) is 5.91 Å². The van der Waals surface area contributed by atoms with Crippen LogP contribution in [0, 0.1) is 13.8 Å². The highest BCUT2D eigenvalue weighted by atomic mass is 32.1. The number of ether oxygens (including phenoxy) is 1. The lowest BCUT2D eigenvalue weighted by Gasteiger charge is -2.20. The molecule has 0 fully saturated rings. The van der Waals surface area contributed by atoms with Crippen molar-refractivity contribution in [3.05, 3.63) is 51.7 Å². The summed E-state index contributed by atoms with van der Waals surface area (Å²) in [5, 5.41) is 3.78. The van der Waals surface area contributed by atoms with Gasteiger partial charge in [0, 0.05) is 36.2 Å². The minimum Gasteiger partial charge on any atom is -0.451 e. The lowest BCUT2D eigenvalue weighted by atomic mass is 10.1. The summed E-state index contributed by atoms with van der Waals surface area (Å²) in [5.41, 5.74) is 2.72. The number of furan rings is 1. The van der Waals surface area contributed by atoms with Crippen molar-refractivity contribution in [2.45, 2.75) is 20.4 Å². The van der Waals surface area contributed by atoms with Gasteiger partial charge in [0.15, 0.2) is 5.76 Å². The zero-order valence-electron chi connectivity index (χ0n) is 14.0. The van der Waals surface area contributed by atoms with E-state index in [0.29, 0.717) is 25.5 Å². The molecule has 0 saturated carbocycles. The van der Waals surface area contributed by atoms with Crippen LogP contribution in [0.15, 0.2) is 34.2 Å². The summed E-state index contributed by atoms with van der Waals surface area (Å²) in [5.74, 6) is 0.261. The lowest BCUT2D eigenvalue weighted by molar-refractivity contribution is 0.0650. The van der Waals surface area contributed by atoms with Crippen LogP contribution in [0.5, 0.6) is 0 Å².